The van der Waals surface area contributed by atoms with Crippen LogP contribution in [-0.4, -0.2) is 29.9 Å². The lowest BCUT2D eigenvalue weighted by Crippen LogP contribution is -2.15. The SMILES string of the molecule is CC1(C)c2ccccc2-c2cc(-c3nc(-c4ccccc4)nc(-c4cccc5oc6ccc(-c7ccc8c(ccc9c%10ccccc%10ccc89)c7)cc6c45)n3)ccc21.CC1(C)c2ccccc2-c2ccc(-c3nc(-c4ccccc4)nc(-c4cccc5oc6ccc(-c7ccc8c(ccc9c%10ccccc%10ccc89)c7)cc6c45)n3)cc21. The summed E-state index contributed by atoms with van der Waals surface area (Å²) >= 11 is 0. The Bertz CT molecular complexity index is 7910. The highest BCUT2D eigenvalue weighted by atomic mass is 16.3. The molecule has 0 aliphatic heterocycles. The Balaban J connectivity index is 0.000000137. The Labute approximate surface area is 668 Å². The molecule has 0 spiro atoms. The fourth-order valence-electron chi connectivity index (χ4n) is 18.8. The van der Waals surface area contributed by atoms with Crippen LogP contribution in [-0.2, 0) is 10.8 Å². The van der Waals surface area contributed by atoms with Gasteiger partial charge in [0, 0.05) is 65.8 Å². The first-order valence-electron chi connectivity index (χ1n) is 39.7. The first-order chi connectivity index (χ1) is 56.9. The van der Waals surface area contributed by atoms with Gasteiger partial charge in [0.2, 0.25) is 0 Å². The van der Waals surface area contributed by atoms with E-state index in [2.05, 4.69) is 319 Å². The van der Waals surface area contributed by atoms with E-state index in [9.17, 15) is 0 Å². The van der Waals surface area contributed by atoms with Crippen LogP contribution in [0.5, 0.6) is 0 Å². The molecule has 24 rings (SSSR count). The van der Waals surface area contributed by atoms with Crippen LogP contribution < -0.4 is 0 Å². The molecule has 0 amide bonds. The van der Waals surface area contributed by atoms with Crippen molar-refractivity contribution < 1.29 is 8.83 Å². The molecule has 0 N–H and O–H groups in total. The largest absolute Gasteiger partial charge is 0.456 e. The summed E-state index contributed by atoms with van der Waals surface area (Å²) in [6.07, 6.45) is 0. The number of aromatic nitrogens is 6. The summed E-state index contributed by atoms with van der Waals surface area (Å²) in [5.74, 6) is 3.75. The Morgan fingerprint density at radius 3 is 1.03 bits per heavy atom. The van der Waals surface area contributed by atoms with E-state index in [1.807, 2.05) is 60.7 Å². The molecule has 22 aromatic rings. The number of hydrogen-bond acceptors (Lipinski definition) is 8. The minimum absolute atomic E-state index is 0.0860. The van der Waals surface area contributed by atoms with Gasteiger partial charge in [0.15, 0.2) is 34.9 Å². The number of hydrogen-bond donors (Lipinski definition) is 0. The van der Waals surface area contributed by atoms with Gasteiger partial charge in [0.25, 0.3) is 0 Å². The van der Waals surface area contributed by atoms with E-state index in [1.54, 1.807) is 0 Å². The predicted octanol–water partition coefficient (Wildman–Crippen LogP) is 28.4. The van der Waals surface area contributed by atoms with Gasteiger partial charge in [-0.15, -0.1) is 0 Å². The lowest BCUT2D eigenvalue weighted by atomic mass is 9.82. The Kier molecular flexibility index (Phi) is 14.9. The van der Waals surface area contributed by atoms with Crippen molar-refractivity contribution in [1.82, 2.24) is 29.9 Å². The third kappa shape index (κ3) is 10.7. The maximum atomic E-state index is 6.52. The van der Waals surface area contributed by atoms with E-state index in [0.717, 1.165) is 99.5 Å². The van der Waals surface area contributed by atoms with Crippen LogP contribution in [0.25, 0.3) is 221 Å². The molecule has 2 aliphatic carbocycles. The third-order valence-corrected chi connectivity index (χ3v) is 24.6. The minimum Gasteiger partial charge on any atom is -0.456 e. The van der Waals surface area contributed by atoms with E-state index >= 15 is 0 Å². The molecule has 544 valence electrons. The molecule has 4 heterocycles. The summed E-state index contributed by atoms with van der Waals surface area (Å²) in [5, 5.41) is 19.1. The second-order valence-electron chi connectivity index (χ2n) is 32.0. The zero-order valence-electron chi connectivity index (χ0n) is 64.0. The summed E-state index contributed by atoms with van der Waals surface area (Å²) in [5.41, 5.74) is 23.4. The van der Waals surface area contributed by atoms with Crippen molar-refractivity contribution in [2.45, 2.75) is 38.5 Å². The van der Waals surface area contributed by atoms with Gasteiger partial charge >= 0.3 is 0 Å². The topological polar surface area (TPSA) is 104 Å². The van der Waals surface area contributed by atoms with Crippen LogP contribution in [0.15, 0.2) is 361 Å². The maximum Gasteiger partial charge on any atom is 0.164 e. The van der Waals surface area contributed by atoms with Gasteiger partial charge in [-0.2, -0.15) is 0 Å². The molecule has 0 unspecified atom stereocenters. The molecule has 0 atom stereocenters. The fourth-order valence-corrected chi connectivity index (χ4v) is 18.8. The Morgan fingerprint density at radius 1 is 0.181 bits per heavy atom. The summed E-state index contributed by atoms with van der Waals surface area (Å²) in [6, 6.07) is 125. The van der Waals surface area contributed by atoms with Crippen molar-refractivity contribution in [2.24, 2.45) is 0 Å². The zero-order chi connectivity index (χ0) is 77.1. The van der Waals surface area contributed by atoms with E-state index in [-0.39, 0.29) is 10.8 Å². The van der Waals surface area contributed by atoms with Crippen molar-refractivity contribution >= 4 is 109 Å². The molecule has 0 saturated heterocycles. The smallest absolute Gasteiger partial charge is 0.164 e. The summed E-state index contributed by atoms with van der Waals surface area (Å²) in [4.78, 5) is 31.1. The van der Waals surface area contributed by atoms with Gasteiger partial charge in [-0.1, -0.05) is 319 Å². The molecule has 0 bridgehead atoms. The van der Waals surface area contributed by atoms with Gasteiger partial charge in [-0.05, 0) is 192 Å². The molecule has 8 nitrogen and oxygen atoms in total. The summed E-state index contributed by atoms with van der Waals surface area (Å²) < 4.78 is 13.0. The zero-order valence-corrected chi connectivity index (χ0v) is 64.0. The molecule has 0 radical (unpaired) electrons. The standard InChI is InChI=1S/2C54H35N3O/c1-54(2)46-17-9-8-15-42(46)43-27-22-37(31-47(43)54)52-55-51(33-12-4-3-5-13-33)56-53(57-52)44-16-10-18-49-50(44)45-30-35(23-28-48(45)58-49)34-20-24-39-36(29-34)21-26-40-38-14-7-6-11-32(38)19-25-41(39)40;1-54(2)46-17-9-8-15-42(46)44-31-37(22-27-47(44)54)52-55-51(33-12-4-3-5-13-33)56-53(57-52)43-16-10-18-49-50(43)45-30-35(23-28-48(45)58-49)34-20-24-39-36(29-34)21-26-40-38-14-7-6-11-32(38)19-25-41(39)40/h2*3-31H,1-2H3. The Hall–Kier alpha value is -14.9. The molecule has 8 heteroatoms. The molecule has 0 saturated carbocycles. The highest BCUT2D eigenvalue weighted by Crippen LogP contribution is 2.52. The number of furan rings is 2. The first kappa shape index (κ1) is 66.9. The average molecular weight is 1480 g/mol. The lowest BCUT2D eigenvalue weighted by Gasteiger charge is -2.21. The van der Waals surface area contributed by atoms with E-state index in [1.165, 1.54) is 109 Å². The van der Waals surface area contributed by atoms with Gasteiger partial charge in [0.1, 0.15) is 22.3 Å². The van der Waals surface area contributed by atoms with Crippen LogP contribution >= 0.6 is 0 Å². The molecule has 2 aliphatic rings. The average Bonchev–Trinajstić information content (AvgIpc) is 1.44. The minimum atomic E-state index is -0.146. The predicted molar refractivity (Wildman–Crippen MR) is 478 cm³/mol. The van der Waals surface area contributed by atoms with E-state index in [4.69, 9.17) is 38.7 Å². The van der Waals surface area contributed by atoms with Crippen molar-refractivity contribution in [3.63, 3.8) is 0 Å². The summed E-state index contributed by atoms with van der Waals surface area (Å²) in [6.45, 7) is 9.21. The van der Waals surface area contributed by atoms with Gasteiger partial charge in [-0.25, -0.2) is 29.9 Å². The van der Waals surface area contributed by atoms with Crippen molar-refractivity contribution in [3.8, 4) is 113 Å². The lowest BCUT2D eigenvalue weighted by molar-refractivity contribution is 0.660. The van der Waals surface area contributed by atoms with E-state index < -0.39 is 0 Å². The second kappa shape index (κ2) is 25.8. The second-order valence-corrected chi connectivity index (χ2v) is 32.0. The van der Waals surface area contributed by atoms with Crippen LogP contribution in [0.3, 0.4) is 0 Å². The molecular formula is C108H70N6O2. The number of benzene rings is 18. The van der Waals surface area contributed by atoms with Crippen molar-refractivity contribution in [3.05, 3.63) is 374 Å². The van der Waals surface area contributed by atoms with Crippen LogP contribution in [0.2, 0.25) is 0 Å². The Morgan fingerprint density at radius 2 is 0.526 bits per heavy atom. The normalized spacial score (nSPS) is 13.1. The van der Waals surface area contributed by atoms with Gasteiger partial charge in [-0.3, -0.25) is 0 Å². The van der Waals surface area contributed by atoms with Crippen molar-refractivity contribution in [1.29, 1.82) is 0 Å². The molecule has 4 aromatic heterocycles. The number of fused-ring (bicyclic) bond motifs is 22. The van der Waals surface area contributed by atoms with Crippen LogP contribution in [0.1, 0.15) is 49.9 Å². The van der Waals surface area contributed by atoms with Crippen molar-refractivity contribution in [2.75, 3.05) is 0 Å². The highest BCUT2D eigenvalue weighted by molar-refractivity contribution is 6.20. The highest BCUT2D eigenvalue weighted by Gasteiger charge is 2.37. The molecular weight excluding hydrogens is 1410 g/mol. The first-order valence-corrected chi connectivity index (χ1v) is 39.7. The maximum absolute atomic E-state index is 6.52. The third-order valence-electron chi connectivity index (χ3n) is 24.6. The van der Waals surface area contributed by atoms with Crippen LogP contribution in [0, 0.1) is 0 Å². The van der Waals surface area contributed by atoms with E-state index in [0.29, 0.717) is 34.9 Å². The van der Waals surface area contributed by atoms with Crippen LogP contribution in [0.4, 0.5) is 0 Å². The fraction of sp³-hybridized carbons (Fsp3) is 0.0556. The monoisotopic (exact) mass is 1480 g/mol. The summed E-state index contributed by atoms with van der Waals surface area (Å²) in [7, 11) is 0. The van der Waals surface area contributed by atoms with Gasteiger partial charge < -0.3 is 8.83 Å². The molecule has 18 aromatic carbocycles. The van der Waals surface area contributed by atoms with Gasteiger partial charge in [0.05, 0.1) is 0 Å². The quantitative estimate of drug-likeness (QED) is 0.139. The number of rotatable bonds is 8. The molecule has 0 fully saturated rings. The number of nitrogens with zero attached hydrogens (tertiary/aromatic N) is 6. The molecule has 116 heavy (non-hydrogen) atoms.